The third-order valence-corrected chi connectivity index (χ3v) is 5.47. The van der Waals surface area contributed by atoms with Crippen LogP contribution in [0.5, 0.6) is 11.5 Å². The van der Waals surface area contributed by atoms with E-state index < -0.39 is 81.9 Å². The van der Waals surface area contributed by atoms with Crippen molar-refractivity contribution in [1.82, 2.24) is 0 Å². The molecule has 2 aromatic rings. The third-order valence-electron chi connectivity index (χ3n) is 4.51. The molecule has 0 saturated heterocycles. The van der Waals surface area contributed by atoms with E-state index in [0.717, 1.165) is 0 Å². The van der Waals surface area contributed by atoms with E-state index in [9.17, 15) is 63.4 Å². The first-order valence-electron chi connectivity index (χ1n) is 9.01. The van der Waals surface area contributed by atoms with Gasteiger partial charge in [-0.3, -0.25) is 20.2 Å². The summed E-state index contributed by atoms with van der Waals surface area (Å²) in [5.41, 5.74) is -12.1. The second-order valence-corrected chi connectivity index (χ2v) is 10.3. The van der Waals surface area contributed by atoms with Gasteiger partial charge in [0.2, 0.25) is 16.9 Å². The highest BCUT2D eigenvalue weighted by atomic mass is 32.2. The van der Waals surface area contributed by atoms with Crippen LogP contribution in [0.25, 0.3) is 0 Å². The highest BCUT2D eigenvalue weighted by Gasteiger charge is 2.73. The summed E-state index contributed by atoms with van der Waals surface area (Å²) in [5.74, 6) is -2.42. The Labute approximate surface area is 203 Å². The topological polar surface area (TPSA) is 173 Å². The number of nitro benzene ring substituents is 2. The lowest BCUT2D eigenvalue weighted by Crippen LogP contribution is -2.54. The third kappa shape index (κ3) is 6.01. The molecule has 0 bridgehead atoms. The number of nitro groups is 2. The molecule has 0 spiro atoms. The van der Waals surface area contributed by atoms with E-state index in [4.69, 9.17) is 0 Å². The summed E-state index contributed by atoms with van der Waals surface area (Å²) in [6, 6.07) is -0.0441. The minimum absolute atomic E-state index is 0.0429. The first-order valence-corrected chi connectivity index (χ1v) is 12.6. The van der Waals surface area contributed by atoms with Crippen molar-refractivity contribution in [3.8, 4) is 11.5 Å². The Morgan fingerprint density at radius 2 is 0.973 bits per heavy atom. The lowest BCUT2D eigenvalue weighted by Gasteiger charge is -2.38. The predicted molar refractivity (Wildman–Crippen MR) is 110 cm³/mol. The van der Waals surface area contributed by atoms with Crippen molar-refractivity contribution in [2.24, 2.45) is 0 Å². The summed E-state index contributed by atoms with van der Waals surface area (Å²) >= 11 is 0. The molecule has 12 nitrogen and oxygen atoms in total. The molecule has 0 unspecified atom stereocenters. The molecular formula is C17H12F6N2O10S2. The lowest BCUT2D eigenvalue weighted by molar-refractivity contribution is -0.385. The van der Waals surface area contributed by atoms with Crippen molar-refractivity contribution in [1.29, 1.82) is 0 Å². The molecule has 0 aromatic heterocycles. The summed E-state index contributed by atoms with van der Waals surface area (Å²) < 4.78 is 140. The fourth-order valence-corrected chi connectivity index (χ4v) is 4.17. The molecule has 2 aromatic carbocycles. The van der Waals surface area contributed by atoms with Gasteiger partial charge in [0.15, 0.2) is 0 Å². The zero-order valence-corrected chi connectivity index (χ0v) is 19.7. The van der Waals surface area contributed by atoms with Gasteiger partial charge < -0.3 is 8.37 Å². The maximum absolute atomic E-state index is 14.3. The number of benzene rings is 2. The summed E-state index contributed by atoms with van der Waals surface area (Å²) in [6.07, 6.45) is -11.9. The Bertz CT molecular complexity index is 1360. The van der Waals surface area contributed by atoms with Gasteiger partial charge in [-0.15, -0.1) is 0 Å². The normalized spacial score (nSPS) is 13.2. The highest BCUT2D eigenvalue weighted by molar-refractivity contribution is 7.86. The maximum Gasteiger partial charge on any atom is 0.411 e. The summed E-state index contributed by atoms with van der Waals surface area (Å²) in [5, 5.41) is 22.7. The number of halogens is 6. The van der Waals surface area contributed by atoms with Crippen LogP contribution in [0.3, 0.4) is 0 Å². The molecule has 0 fully saturated rings. The van der Waals surface area contributed by atoms with E-state index in [1.54, 1.807) is 0 Å². The van der Waals surface area contributed by atoms with Gasteiger partial charge in [0, 0.05) is 12.1 Å². The van der Waals surface area contributed by atoms with Crippen LogP contribution in [0, 0.1) is 20.2 Å². The fraction of sp³-hybridized carbons (Fsp3) is 0.294. The molecule has 0 heterocycles. The second kappa shape index (κ2) is 9.32. The highest BCUT2D eigenvalue weighted by Crippen LogP contribution is 2.57. The molecule has 0 aliphatic heterocycles. The van der Waals surface area contributed by atoms with Crippen LogP contribution in [0.15, 0.2) is 36.4 Å². The minimum atomic E-state index is -6.37. The fourth-order valence-electron chi connectivity index (χ4n) is 3.24. The number of nitrogens with zero attached hydrogens (tertiary/aromatic N) is 2. The zero-order valence-electron chi connectivity index (χ0n) is 18.0. The SMILES string of the molecule is CS(=O)(=O)Oc1ccc(C(c2ccc(OS(C)(=O)=O)c([N+](=O)[O-])c2)(C(F)(F)F)C(F)(F)F)cc1[N+](=O)[O-]. The van der Waals surface area contributed by atoms with Gasteiger partial charge in [0.05, 0.1) is 22.4 Å². The number of hydrogen-bond acceptors (Lipinski definition) is 10. The van der Waals surface area contributed by atoms with Crippen molar-refractivity contribution >= 4 is 31.6 Å². The Morgan fingerprint density at radius 3 is 1.19 bits per heavy atom. The zero-order chi connectivity index (χ0) is 28.8. The van der Waals surface area contributed by atoms with Crippen molar-refractivity contribution in [2.45, 2.75) is 17.8 Å². The lowest BCUT2D eigenvalue weighted by atomic mass is 9.72. The molecule has 37 heavy (non-hydrogen) atoms. The maximum atomic E-state index is 14.3. The molecule has 0 saturated carbocycles. The van der Waals surface area contributed by atoms with Gasteiger partial charge in [-0.25, -0.2) is 0 Å². The minimum Gasteiger partial charge on any atom is -0.375 e. The predicted octanol–water partition coefficient (Wildman–Crippen LogP) is 3.59. The van der Waals surface area contributed by atoms with Gasteiger partial charge >= 0.3 is 44.0 Å². The van der Waals surface area contributed by atoms with Gasteiger partial charge in [0.1, 0.15) is 0 Å². The van der Waals surface area contributed by atoms with Crippen LogP contribution in [-0.4, -0.2) is 51.5 Å². The molecule has 0 N–H and O–H groups in total. The Balaban J connectivity index is 3.05. The summed E-state index contributed by atoms with van der Waals surface area (Å²) in [4.78, 5) is 19.7. The molecule has 0 radical (unpaired) electrons. The Morgan fingerprint density at radius 1 is 0.676 bits per heavy atom. The molecule has 0 amide bonds. The van der Waals surface area contributed by atoms with Crippen molar-refractivity contribution in [2.75, 3.05) is 12.5 Å². The number of hydrogen-bond donors (Lipinski definition) is 0. The average Bonchev–Trinajstić information content (AvgIpc) is 2.65. The van der Waals surface area contributed by atoms with Crippen LogP contribution < -0.4 is 8.37 Å². The van der Waals surface area contributed by atoms with Gasteiger partial charge in [0.25, 0.3) is 0 Å². The second-order valence-electron chi connectivity index (χ2n) is 7.20. The van der Waals surface area contributed by atoms with Crippen LogP contribution in [0.2, 0.25) is 0 Å². The standard InChI is InChI=1S/C17H12F6N2O10S2/c1-36(30,31)34-13-5-3-9(7-11(13)24(26)27)15(16(18,19)20,17(21,22)23)10-4-6-14(35-37(2,32)33)12(8-10)25(28)29/h3-8H,1-2H3. The largest absolute Gasteiger partial charge is 0.411 e. The quantitative estimate of drug-likeness (QED) is 0.194. The van der Waals surface area contributed by atoms with Gasteiger partial charge in [-0.2, -0.15) is 43.2 Å². The van der Waals surface area contributed by atoms with Crippen molar-refractivity contribution in [3.05, 3.63) is 67.8 Å². The Hall–Kier alpha value is -3.68. The van der Waals surface area contributed by atoms with E-state index >= 15 is 0 Å². The van der Waals surface area contributed by atoms with Crippen LogP contribution in [0.4, 0.5) is 37.7 Å². The number of alkyl halides is 6. The molecule has 0 atom stereocenters. The van der Waals surface area contributed by atoms with Crippen LogP contribution in [-0.2, 0) is 25.7 Å². The molecule has 20 heteroatoms. The summed E-state index contributed by atoms with van der Waals surface area (Å²) in [6.45, 7) is 0. The molecular weight excluding hydrogens is 570 g/mol. The van der Waals surface area contributed by atoms with E-state index in [1.807, 2.05) is 0 Å². The van der Waals surface area contributed by atoms with Crippen LogP contribution >= 0.6 is 0 Å². The van der Waals surface area contributed by atoms with E-state index in [1.165, 1.54) is 0 Å². The van der Waals surface area contributed by atoms with Crippen molar-refractivity contribution in [3.63, 3.8) is 0 Å². The monoisotopic (exact) mass is 582 g/mol. The average molecular weight is 582 g/mol. The first-order chi connectivity index (χ1) is 16.5. The first kappa shape index (κ1) is 29.5. The van der Waals surface area contributed by atoms with Gasteiger partial charge in [-0.1, -0.05) is 12.1 Å². The van der Waals surface area contributed by atoms with Crippen molar-refractivity contribution < 1.29 is 61.4 Å². The Kier molecular flexibility index (Phi) is 7.44. The smallest absolute Gasteiger partial charge is 0.375 e. The van der Waals surface area contributed by atoms with E-state index in [2.05, 4.69) is 8.37 Å². The van der Waals surface area contributed by atoms with E-state index in [0.29, 0.717) is 12.5 Å². The molecule has 2 rings (SSSR count). The molecule has 0 aliphatic carbocycles. The number of rotatable bonds is 8. The van der Waals surface area contributed by atoms with E-state index in [-0.39, 0.29) is 36.4 Å². The molecule has 0 aliphatic rings. The summed E-state index contributed by atoms with van der Waals surface area (Å²) in [7, 11) is -9.02. The van der Waals surface area contributed by atoms with Gasteiger partial charge in [-0.05, 0) is 23.3 Å². The molecule has 204 valence electrons. The van der Waals surface area contributed by atoms with Crippen LogP contribution in [0.1, 0.15) is 11.1 Å².